The molecule has 6 heteroatoms. The van der Waals surface area contributed by atoms with Crippen molar-refractivity contribution in [3.8, 4) is 28.5 Å². The Labute approximate surface area is 158 Å². The van der Waals surface area contributed by atoms with Crippen LogP contribution in [0.2, 0.25) is 0 Å². The summed E-state index contributed by atoms with van der Waals surface area (Å²) in [5.74, 6) is 1.32. The summed E-state index contributed by atoms with van der Waals surface area (Å²) in [5, 5.41) is 0. The highest BCUT2D eigenvalue weighted by molar-refractivity contribution is 6.07. The fourth-order valence-corrected chi connectivity index (χ4v) is 2.96. The first-order valence-electron chi connectivity index (χ1n) is 8.61. The van der Waals surface area contributed by atoms with Crippen molar-refractivity contribution < 1.29 is 19.0 Å². The highest BCUT2D eigenvalue weighted by Gasteiger charge is 2.21. The minimum absolute atomic E-state index is 0.244. The number of aryl methyl sites for hydroxylation is 1. The van der Waals surface area contributed by atoms with Crippen LogP contribution in [0.3, 0.4) is 0 Å². The van der Waals surface area contributed by atoms with Gasteiger partial charge < -0.3 is 19.2 Å². The van der Waals surface area contributed by atoms with E-state index in [0.717, 1.165) is 23.4 Å². The van der Waals surface area contributed by atoms with Gasteiger partial charge in [0.1, 0.15) is 0 Å². The van der Waals surface area contributed by atoms with Gasteiger partial charge in [-0.2, -0.15) is 0 Å². The molecule has 3 rings (SSSR count). The number of ketones is 1. The quantitative estimate of drug-likeness (QED) is 0.642. The lowest BCUT2D eigenvalue weighted by atomic mass is 10.1. The average molecular weight is 366 g/mol. The number of ether oxygens (including phenoxy) is 3. The van der Waals surface area contributed by atoms with Crippen LogP contribution in [-0.2, 0) is 6.42 Å². The number of aromatic nitrogens is 2. The van der Waals surface area contributed by atoms with Gasteiger partial charge in [0, 0.05) is 16.8 Å². The van der Waals surface area contributed by atoms with Crippen molar-refractivity contribution in [3.63, 3.8) is 0 Å². The predicted octanol–water partition coefficient (Wildman–Crippen LogP) is 3.90. The van der Waals surface area contributed by atoms with Gasteiger partial charge in [-0.3, -0.25) is 4.79 Å². The van der Waals surface area contributed by atoms with Crippen molar-refractivity contribution >= 4 is 5.78 Å². The molecule has 0 aliphatic heterocycles. The minimum Gasteiger partial charge on any atom is -0.493 e. The molecule has 0 fully saturated rings. The van der Waals surface area contributed by atoms with E-state index in [2.05, 4.69) is 9.97 Å². The van der Waals surface area contributed by atoms with Gasteiger partial charge in [-0.05, 0) is 18.6 Å². The number of imidazole rings is 1. The number of carbonyl (C=O) groups is 1. The van der Waals surface area contributed by atoms with Crippen LogP contribution in [0.5, 0.6) is 17.2 Å². The number of carbonyl (C=O) groups excluding carboxylic acids is 1. The summed E-state index contributed by atoms with van der Waals surface area (Å²) in [5.41, 5.74) is 3.07. The monoisotopic (exact) mass is 366 g/mol. The molecule has 0 atom stereocenters. The Morgan fingerprint density at radius 2 is 1.63 bits per heavy atom. The van der Waals surface area contributed by atoms with Crippen molar-refractivity contribution in [2.45, 2.75) is 13.3 Å². The van der Waals surface area contributed by atoms with Crippen LogP contribution in [0.4, 0.5) is 0 Å². The van der Waals surface area contributed by atoms with Crippen LogP contribution in [0.25, 0.3) is 11.3 Å². The maximum Gasteiger partial charge on any atom is 0.228 e. The molecule has 0 amide bonds. The van der Waals surface area contributed by atoms with Crippen LogP contribution in [0.1, 0.15) is 28.8 Å². The number of methoxy groups -OCH3 is 3. The lowest BCUT2D eigenvalue weighted by molar-refractivity contribution is 0.102. The summed E-state index contributed by atoms with van der Waals surface area (Å²) in [6.07, 6.45) is 0.736. The number of benzene rings is 2. The van der Waals surface area contributed by atoms with E-state index in [4.69, 9.17) is 14.2 Å². The van der Waals surface area contributed by atoms with E-state index in [9.17, 15) is 4.79 Å². The first kappa shape index (κ1) is 18.5. The zero-order valence-corrected chi connectivity index (χ0v) is 15.8. The third kappa shape index (κ3) is 3.51. The number of H-pyrrole nitrogens is 1. The van der Waals surface area contributed by atoms with E-state index in [1.807, 2.05) is 37.3 Å². The molecule has 2 aromatic carbocycles. The molecule has 27 heavy (non-hydrogen) atoms. The molecule has 0 aliphatic carbocycles. The van der Waals surface area contributed by atoms with E-state index in [0.29, 0.717) is 22.8 Å². The Morgan fingerprint density at radius 1 is 1.00 bits per heavy atom. The average Bonchev–Trinajstić information content (AvgIpc) is 3.17. The Balaban J connectivity index is 2.05. The molecule has 1 aromatic heterocycles. The largest absolute Gasteiger partial charge is 0.493 e. The molecule has 1 heterocycles. The Bertz CT molecular complexity index is 923. The number of nitrogens with zero attached hydrogens (tertiary/aromatic N) is 1. The lowest BCUT2D eigenvalue weighted by Gasteiger charge is -2.13. The second kappa shape index (κ2) is 7.95. The molecule has 3 aromatic rings. The molecular weight excluding hydrogens is 344 g/mol. The van der Waals surface area contributed by atoms with Crippen LogP contribution < -0.4 is 14.2 Å². The maximum atomic E-state index is 13.0. The smallest absolute Gasteiger partial charge is 0.228 e. The zero-order valence-electron chi connectivity index (χ0n) is 15.8. The number of hydrogen-bond donors (Lipinski definition) is 1. The Hall–Kier alpha value is -3.28. The summed E-state index contributed by atoms with van der Waals surface area (Å²) >= 11 is 0. The van der Waals surface area contributed by atoms with Crippen LogP contribution >= 0.6 is 0 Å². The minimum atomic E-state index is -0.244. The molecule has 140 valence electrons. The normalized spacial score (nSPS) is 10.5. The first-order chi connectivity index (χ1) is 13.1. The molecule has 1 N–H and O–H groups in total. The van der Waals surface area contributed by atoms with Crippen molar-refractivity contribution in [1.29, 1.82) is 0 Å². The van der Waals surface area contributed by atoms with Gasteiger partial charge >= 0.3 is 0 Å². The van der Waals surface area contributed by atoms with Crippen LogP contribution in [0.15, 0.2) is 42.5 Å². The van der Waals surface area contributed by atoms with E-state index < -0.39 is 0 Å². The number of aromatic amines is 1. The highest BCUT2D eigenvalue weighted by atomic mass is 16.5. The SMILES string of the molecule is CCc1[nH]c(C(=O)c2cc(OC)c(OC)c(OC)c2)nc1-c1ccccc1. The second-order valence-electron chi connectivity index (χ2n) is 5.88. The molecule has 0 spiro atoms. The molecule has 0 saturated carbocycles. The number of nitrogens with one attached hydrogen (secondary N) is 1. The number of rotatable bonds is 7. The third-order valence-electron chi connectivity index (χ3n) is 4.32. The maximum absolute atomic E-state index is 13.0. The third-order valence-corrected chi connectivity index (χ3v) is 4.32. The molecule has 0 aliphatic rings. The van der Waals surface area contributed by atoms with E-state index >= 15 is 0 Å². The summed E-state index contributed by atoms with van der Waals surface area (Å²) in [6.45, 7) is 2.02. The molecule has 6 nitrogen and oxygen atoms in total. The van der Waals surface area contributed by atoms with Gasteiger partial charge in [0.25, 0.3) is 0 Å². The van der Waals surface area contributed by atoms with Gasteiger partial charge in [0.15, 0.2) is 17.3 Å². The summed E-state index contributed by atoms with van der Waals surface area (Å²) < 4.78 is 16.0. The molecule has 0 bridgehead atoms. The van der Waals surface area contributed by atoms with Crippen molar-refractivity contribution in [2.75, 3.05) is 21.3 Å². The van der Waals surface area contributed by atoms with Gasteiger partial charge in [0.05, 0.1) is 27.0 Å². The zero-order chi connectivity index (χ0) is 19.4. The topological polar surface area (TPSA) is 73.4 Å². The molecular formula is C21H22N2O4. The fourth-order valence-electron chi connectivity index (χ4n) is 2.96. The summed E-state index contributed by atoms with van der Waals surface area (Å²) in [6, 6.07) is 13.0. The van der Waals surface area contributed by atoms with Gasteiger partial charge in [-0.1, -0.05) is 37.3 Å². The fraction of sp³-hybridized carbons (Fsp3) is 0.238. The van der Waals surface area contributed by atoms with E-state index in [1.165, 1.54) is 21.3 Å². The number of hydrogen-bond acceptors (Lipinski definition) is 5. The van der Waals surface area contributed by atoms with Gasteiger partial charge in [0.2, 0.25) is 11.5 Å². The lowest BCUT2D eigenvalue weighted by Crippen LogP contribution is -2.06. The molecule has 0 saturated heterocycles. The molecule has 0 unspecified atom stereocenters. The highest BCUT2D eigenvalue weighted by Crippen LogP contribution is 2.38. The van der Waals surface area contributed by atoms with Gasteiger partial charge in [-0.25, -0.2) is 4.98 Å². The van der Waals surface area contributed by atoms with E-state index in [1.54, 1.807) is 12.1 Å². The molecule has 0 radical (unpaired) electrons. The van der Waals surface area contributed by atoms with Gasteiger partial charge in [-0.15, -0.1) is 0 Å². The summed E-state index contributed by atoms with van der Waals surface area (Å²) in [7, 11) is 4.55. The van der Waals surface area contributed by atoms with Crippen molar-refractivity contribution in [2.24, 2.45) is 0 Å². The summed E-state index contributed by atoms with van der Waals surface area (Å²) in [4.78, 5) is 20.8. The van der Waals surface area contributed by atoms with Crippen molar-refractivity contribution in [1.82, 2.24) is 9.97 Å². The first-order valence-corrected chi connectivity index (χ1v) is 8.61. The van der Waals surface area contributed by atoms with Crippen LogP contribution in [-0.4, -0.2) is 37.1 Å². The second-order valence-corrected chi connectivity index (χ2v) is 5.88. The van der Waals surface area contributed by atoms with E-state index in [-0.39, 0.29) is 11.6 Å². The Morgan fingerprint density at radius 3 is 2.15 bits per heavy atom. The van der Waals surface area contributed by atoms with Crippen molar-refractivity contribution in [3.05, 3.63) is 59.5 Å². The predicted molar refractivity (Wildman–Crippen MR) is 103 cm³/mol. The Kier molecular flexibility index (Phi) is 5.45. The van der Waals surface area contributed by atoms with Crippen LogP contribution in [0, 0.1) is 0 Å². The standard InChI is InChI=1S/C21H22N2O4/c1-5-15-18(13-9-7-6-8-10-13)23-21(22-15)19(24)14-11-16(25-2)20(27-4)17(12-14)26-3/h6-12H,5H2,1-4H3,(H,22,23).